The SMILES string of the molecule is O=C(O)NCc1ccc(C(=O)CBr)s1. The molecule has 76 valence electrons. The van der Waals surface area contributed by atoms with Gasteiger partial charge < -0.3 is 10.4 Å². The minimum Gasteiger partial charge on any atom is -0.465 e. The van der Waals surface area contributed by atoms with E-state index in [0.29, 0.717) is 10.2 Å². The lowest BCUT2D eigenvalue weighted by Gasteiger charge is -1.95. The summed E-state index contributed by atoms with van der Waals surface area (Å²) in [6, 6.07) is 3.45. The number of nitrogens with one attached hydrogen (secondary N) is 1. The maximum atomic E-state index is 11.2. The van der Waals surface area contributed by atoms with Gasteiger partial charge in [0.2, 0.25) is 0 Å². The third-order valence-corrected chi connectivity index (χ3v) is 3.11. The van der Waals surface area contributed by atoms with Crippen LogP contribution in [0.5, 0.6) is 0 Å². The largest absolute Gasteiger partial charge is 0.465 e. The zero-order chi connectivity index (χ0) is 10.6. The average Bonchev–Trinajstić information content (AvgIpc) is 2.62. The zero-order valence-electron chi connectivity index (χ0n) is 7.12. The van der Waals surface area contributed by atoms with E-state index in [4.69, 9.17) is 5.11 Å². The smallest absolute Gasteiger partial charge is 0.404 e. The second-order valence-corrected chi connectivity index (χ2v) is 4.21. The molecule has 0 aliphatic rings. The van der Waals surface area contributed by atoms with Crippen molar-refractivity contribution in [2.24, 2.45) is 0 Å². The number of hydrogen-bond acceptors (Lipinski definition) is 3. The van der Waals surface area contributed by atoms with Crippen LogP contribution in [0.25, 0.3) is 0 Å². The second-order valence-electron chi connectivity index (χ2n) is 2.48. The van der Waals surface area contributed by atoms with Crippen LogP contribution in [-0.2, 0) is 6.54 Å². The fourth-order valence-electron chi connectivity index (χ4n) is 0.851. The summed E-state index contributed by atoms with van der Waals surface area (Å²) >= 11 is 4.37. The highest BCUT2D eigenvalue weighted by atomic mass is 79.9. The van der Waals surface area contributed by atoms with E-state index < -0.39 is 6.09 Å². The first-order valence-corrected chi connectivity index (χ1v) is 5.72. The lowest BCUT2D eigenvalue weighted by atomic mass is 10.3. The van der Waals surface area contributed by atoms with Gasteiger partial charge in [-0.1, -0.05) is 15.9 Å². The molecule has 0 aromatic carbocycles. The lowest BCUT2D eigenvalue weighted by Crippen LogP contribution is -2.19. The van der Waals surface area contributed by atoms with Gasteiger partial charge in [-0.05, 0) is 12.1 Å². The van der Waals surface area contributed by atoms with Crippen LogP contribution in [0.3, 0.4) is 0 Å². The predicted octanol–water partition coefficient (Wildman–Crippen LogP) is 2.09. The van der Waals surface area contributed by atoms with Gasteiger partial charge in [-0.3, -0.25) is 4.79 Å². The maximum absolute atomic E-state index is 11.2. The standard InChI is InChI=1S/C8H8BrNO3S/c9-3-6(11)7-2-1-5(14-7)4-10-8(12)13/h1-2,10H,3-4H2,(H,12,13). The summed E-state index contributed by atoms with van der Waals surface area (Å²) in [5.41, 5.74) is 0. The van der Waals surface area contributed by atoms with E-state index in [-0.39, 0.29) is 12.3 Å². The summed E-state index contributed by atoms with van der Waals surface area (Å²) in [7, 11) is 0. The second kappa shape index (κ2) is 5.11. The van der Waals surface area contributed by atoms with Crippen molar-refractivity contribution < 1.29 is 14.7 Å². The number of hydrogen-bond donors (Lipinski definition) is 2. The minimum atomic E-state index is -1.06. The summed E-state index contributed by atoms with van der Waals surface area (Å²) in [6.45, 7) is 0.246. The molecule has 1 heterocycles. The van der Waals surface area contributed by atoms with E-state index in [1.165, 1.54) is 11.3 Å². The molecular weight excluding hydrogens is 270 g/mol. The van der Waals surface area contributed by atoms with Gasteiger partial charge in [-0.2, -0.15) is 0 Å². The molecule has 0 atom stereocenters. The molecule has 1 aromatic rings. The van der Waals surface area contributed by atoms with Crippen molar-refractivity contribution in [1.82, 2.24) is 5.32 Å². The topological polar surface area (TPSA) is 66.4 Å². The Bertz CT molecular complexity index is 350. The van der Waals surface area contributed by atoms with Gasteiger partial charge in [0, 0.05) is 4.88 Å². The highest BCUT2D eigenvalue weighted by Crippen LogP contribution is 2.17. The third kappa shape index (κ3) is 3.12. The average molecular weight is 278 g/mol. The Balaban J connectivity index is 2.59. The molecule has 0 radical (unpaired) electrons. The predicted molar refractivity (Wildman–Crippen MR) is 57.3 cm³/mol. The molecule has 0 bridgehead atoms. The van der Waals surface area contributed by atoms with Crippen LogP contribution in [0.15, 0.2) is 12.1 Å². The molecule has 0 saturated carbocycles. The van der Waals surface area contributed by atoms with Crippen molar-refractivity contribution >= 4 is 39.1 Å². The van der Waals surface area contributed by atoms with Crippen LogP contribution >= 0.6 is 27.3 Å². The van der Waals surface area contributed by atoms with E-state index in [1.54, 1.807) is 12.1 Å². The van der Waals surface area contributed by atoms with Crippen molar-refractivity contribution in [3.63, 3.8) is 0 Å². The first-order chi connectivity index (χ1) is 6.63. The van der Waals surface area contributed by atoms with Gasteiger partial charge in [0.1, 0.15) is 0 Å². The number of rotatable bonds is 4. The molecule has 2 N–H and O–H groups in total. The normalized spacial score (nSPS) is 9.79. The molecule has 1 aromatic heterocycles. The molecule has 1 amide bonds. The molecule has 6 heteroatoms. The molecule has 4 nitrogen and oxygen atoms in total. The Morgan fingerprint density at radius 3 is 2.79 bits per heavy atom. The van der Waals surface area contributed by atoms with Crippen molar-refractivity contribution in [2.45, 2.75) is 6.54 Å². The van der Waals surface area contributed by atoms with E-state index in [0.717, 1.165) is 4.88 Å². The maximum Gasteiger partial charge on any atom is 0.404 e. The first kappa shape index (κ1) is 11.2. The number of carbonyl (C=O) groups is 2. The van der Waals surface area contributed by atoms with Crippen molar-refractivity contribution in [3.05, 3.63) is 21.9 Å². The van der Waals surface area contributed by atoms with Crippen molar-refractivity contribution in [1.29, 1.82) is 0 Å². The number of halogens is 1. The highest BCUT2D eigenvalue weighted by Gasteiger charge is 2.07. The van der Waals surface area contributed by atoms with Crippen LogP contribution in [0.2, 0.25) is 0 Å². The number of alkyl halides is 1. The molecule has 0 aliphatic carbocycles. The van der Waals surface area contributed by atoms with E-state index >= 15 is 0 Å². The van der Waals surface area contributed by atoms with Gasteiger partial charge in [-0.15, -0.1) is 11.3 Å². The Labute approximate surface area is 93.1 Å². The zero-order valence-corrected chi connectivity index (χ0v) is 9.52. The summed E-state index contributed by atoms with van der Waals surface area (Å²) in [4.78, 5) is 22.9. The summed E-state index contributed by atoms with van der Waals surface area (Å²) in [5, 5.41) is 10.9. The van der Waals surface area contributed by atoms with Gasteiger partial charge in [0.15, 0.2) is 5.78 Å². The molecular formula is C8H8BrNO3S. The van der Waals surface area contributed by atoms with Crippen LogP contribution in [0.1, 0.15) is 14.5 Å². The number of carboxylic acid groups (broad SMARTS) is 1. The van der Waals surface area contributed by atoms with Gasteiger partial charge in [0.25, 0.3) is 0 Å². The Hall–Kier alpha value is -0.880. The van der Waals surface area contributed by atoms with E-state index in [9.17, 15) is 9.59 Å². The number of Topliss-reactive ketones (excluding diaryl/α,β-unsaturated/α-hetero) is 1. The van der Waals surface area contributed by atoms with Gasteiger partial charge in [-0.25, -0.2) is 4.79 Å². The fraction of sp³-hybridized carbons (Fsp3) is 0.250. The van der Waals surface area contributed by atoms with Crippen molar-refractivity contribution in [2.75, 3.05) is 5.33 Å². The van der Waals surface area contributed by atoms with Crippen LogP contribution in [0, 0.1) is 0 Å². The minimum absolute atomic E-state index is 0.0107. The summed E-state index contributed by atoms with van der Waals surface area (Å²) < 4.78 is 0. The summed E-state index contributed by atoms with van der Waals surface area (Å²) in [6.07, 6.45) is -1.06. The van der Waals surface area contributed by atoms with Crippen LogP contribution in [0.4, 0.5) is 4.79 Å². The Morgan fingerprint density at radius 1 is 1.50 bits per heavy atom. The molecule has 0 fully saturated rings. The molecule has 0 unspecified atom stereocenters. The van der Waals surface area contributed by atoms with E-state index in [2.05, 4.69) is 21.2 Å². The number of ketones is 1. The molecule has 0 spiro atoms. The van der Waals surface area contributed by atoms with Gasteiger partial charge >= 0.3 is 6.09 Å². The Kier molecular flexibility index (Phi) is 4.09. The molecule has 0 saturated heterocycles. The van der Waals surface area contributed by atoms with Crippen LogP contribution in [-0.4, -0.2) is 22.3 Å². The number of amides is 1. The fourth-order valence-corrected chi connectivity index (χ4v) is 2.22. The van der Waals surface area contributed by atoms with Crippen LogP contribution < -0.4 is 5.32 Å². The highest BCUT2D eigenvalue weighted by molar-refractivity contribution is 9.09. The molecule has 14 heavy (non-hydrogen) atoms. The van der Waals surface area contributed by atoms with Gasteiger partial charge in [0.05, 0.1) is 16.8 Å². The third-order valence-electron chi connectivity index (χ3n) is 1.47. The molecule has 0 aliphatic heterocycles. The van der Waals surface area contributed by atoms with E-state index in [1.807, 2.05) is 0 Å². The summed E-state index contributed by atoms with van der Waals surface area (Å²) in [5.74, 6) is 0.0107. The number of thiophene rings is 1. The van der Waals surface area contributed by atoms with Crippen molar-refractivity contribution in [3.8, 4) is 0 Å². The monoisotopic (exact) mass is 277 g/mol. The quantitative estimate of drug-likeness (QED) is 0.654. The molecule has 1 rings (SSSR count). The first-order valence-electron chi connectivity index (χ1n) is 3.78. The Morgan fingerprint density at radius 2 is 2.21 bits per heavy atom. The number of carbonyl (C=O) groups excluding carboxylic acids is 1. The lowest BCUT2D eigenvalue weighted by molar-refractivity contribution is 0.102.